The largest absolute Gasteiger partial charge is 0.507 e. The average molecular weight is 390 g/mol. The molecule has 1 aromatic heterocycles. The Balaban J connectivity index is 1.93. The van der Waals surface area contributed by atoms with E-state index < -0.39 is 5.97 Å². The molecule has 0 aliphatic heterocycles. The number of carboxylic acid groups (broad SMARTS) is 1. The van der Waals surface area contributed by atoms with Gasteiger partial charge in [-0.05, 0) is 61.2 Å². The number of aryl methyl sites for hydroxylation is 1. The zero-order valence-corrected chi connectivity index (χ0v) is 17.4. The summed E-state index contributed by atoms with van der Waals surface area (Å²) >= 11 is 0. The van der Waals surface area contributed by atoms with Crippen LogP contribution in [-0.4, -0.2) is 27.0 Å². The van der Waals surface area contributed by atoms with Crippen molar-refractivity contribution in [3.63, 3.8) is 0 Å². The van der Waals surface area contributed by atoms with Gasteiger partial charge in [0.1, 0.15) is 11.3 Å². The van der Waals surface area contributed by atoms with E-state index in [0.717, 1.165) is 22.6 Å². The Hall–Kier alpha value is -3.34. The molecular formula is C24H26N2O3. The summed E-state index contributed by atoms with van der Waals surface area (Å²) in [5.41, 5.74) is 5.88. The monoisotopic (exact) mass is 390 g/mol. The van der Waals surface area contributed by atoms with Crippen molar-refractivity contribution in [3.8, 4) is 11.4 Å². The summed E-state index contributed by atoms with van der Waals surface area (Å²) in [4.78, 5) is 15.6. The highest BCUT2D eigenvalue weighted by molar-refractivity contribution is 5.92. The molecule has 2 N–H and O–H groups in total. The van der Waals surface area contributed by atoms with Gasteiger partial charge in [-0.1, -0.05) is 32.9 Å². The van der Waals surface area contributed by atoms with Crippen LogP contribution in [-0.2, 0) is 5.41 Å². The molecule has 0 aliphatic rings. The van der Waals surface area contributed by atoms with Gasteiger partial charge in [0, 0.05) is 28.9 Å². The molecule has 29 heavy (non-hydrogen) atoms. The molecule has 0 atom stereocenters. The molecule has 0 fully saturated rings. The Morgan fingerprint density at radius 2 is 1.69 bits per heavy atom. The molecule has 2 aromatic carbocycles. The standard InChI is InChI=1S/C24H26N2O3/c1-15-12-17(14-25-19-8-11-22(27)21(13-19)23(28)29)16(2)26(15)20-9-6-18(7-10-20)24(3,4)5/h6-14,27H,1-5H3,(H,28,29). The number of aromatic nitrogens is 1. The van der Waals surface area contributed by atoms with Gasteiger partial charge in [-0.3, -0.25) is 4.99 Å². The van der Waals surface area contributed by atoms with Crippen LogP contribution in [0.15, 0.2) is 53.5 Å². The smallest absolute Gasteiger partial charge is 0.339 e. The lowest BCUT2D eigenvalue weighted by Gasteiger charge is -2.20. The topological polar surface area (TPSA) is 74.8 Å². The third kappa shape index (κ3) is 4.24. The Bertz CT molecular complexity index is 1080. The molecule has 0 saturated carbocycles. The molecule has 0 bridgehead atoms. The van der Waals surface area contributed by atoms with Crippen molar-refractivity contribution in [1.29, 1.82) is 0 Å². The molecule has 0 spiro atoms. The SMILES string of the molecule is Cc1cc(C=Nc2ccc(O)c(C(=O)O)c2)c(C)n1-c1ccc(C(C)(C)C)cc1. The molecule has 0 saturated heterocycles. The molecule has 5 heteroatoms. The van der Waals surface area contributed by atoms with E-state index >= 15 is 0 Å². The van der Waals surface area contributed by atoms with Crippen LogP contribution in [0, 0.1) is 13.8 Å². The van der Waals surface area contributed by atoms with Crippen LogP contribution in [0.25, 0.3) is 5.69 Å². The lowest BCUT2D eigenvalue weighted by molar-refractivity contribution is 0.0693. The van der Waals surface area contributed by atoms with E-state index in [0.29, 0.717) is 5.69 Å². The second kappa shape index (κ2) is 7.59. The summed E-state index contributed by atoms with van der Waals surface area (Å²) in [6.45, 7) is 10.7. The summed E-state index contributed by atoms with van der Waals surface area (Å²) in [5, 5.41) is 18.8. The predicted molar refractivity (Wildman–Crippen MR) is 116 cm³/mol. The molecule has 1 heterocycles. The number of rotatable bonds is 4. The number of carbonyl (C=O) groups is 1. The van der Waals surface area contributed by atoms with Crippen LogP contribution in [0.5, 0.6) is 5.75 Å². The second-order valence-electron chi connectivity index (χ2n) is 8.22. The summed E-state index contributed by atoms with van der Waals surface area (Å²) in [6.07, 6.45) is 1.72. The van der Waals surface area contributed by atoms with Crippen molar-refractivity contribution >= 4 is 17.9 Å². The van der Waals surface area contributed by atoms with Gasteiger partial charge < -0.3 is 14.8 Å². The minimum absolute atomic E-state index is 0.107. The Morgan fingerprint density at radius 1 is 1.03 bits per heavy atom. The number of hydrogen-bond donors (Lipinski definition) is 2. The number of hydrogen-bond acceptors (Lipinski definition) is 3. The van der Waals surface area contributed by atoms with Crippen molar-refractivity contribution in [3.05, 3.63) is 76.6 Å². The molecule has 0 unspecified atom stereocenters. The normalized spacial score (nSPS) is 11.9. The van der Waals surface area contributed by atoms with Crippen LogP contribution in [0.4, 0.5) is 5.69 Å². The summed E-state index contributed by atoms with van der Waals surface area (Å²) in [7, 11) is 0. The first-order valence-electron chi connectivity index (χ1n) is 9.48. The fraction of sp³-hybridized carbons (Fsp3) is 0.250. The number of nitrogens with zero attached hydrogens (tertiary/aromatic N) is 2. The summed E-state index contributed by atoms with van der Waals surface area (Å²) in [5.74, 6) is -1.45. The third-order valence-corrected chi connectivity index (χ3v) is 5.03. The maximum Gasteiger partial charge on any atom is 0.339 e. The van der Waals surface area contributed by atoms with Gasteiger partial charge in [-0.15, -0.1) is 0 Å². The zero-order valence-electron chi connectivity index (χ0n) is 17.4. The highest BCUT2D eigenvalue weighted by Gasteiger charge is 2.15. The van der Waals surface area contributed by atoms with Gasteiger partial charge >= 0.3 is 5.97 Å². The van der Waals surface area contributed by atoms with E-state index in [-0.39, 0.29) is 16.7 Å². The quantitative estimate of drug-likeness (QED) is 0.574. The second-order valence-corrected chi connectivity index (χ2v) is 8.22. The van der Waals surface area contributed by atoms with Gasteiger partial charge in [0.2, 0.25) is 0 Å². The van der Waals surface area contributed by atoms with Gasteiger partial charge in [-0.2, -0.15) is 0 Å². The molecule has 5 nitrogen and oxygen atoms in total. The van der Waals surface area contributed by atoms with E-state index in [4.69, 9.17) is 5.11 Å². The fourth-order valence-corrected chi connectivity index (χ4v) is 3.35. The molecule has 0 aliphatic carbocycles. The van der Waals surface area contributed by atoms with Crippen LogP contribution in [0.3, 0.4) is 0 Å². The minimum atomic E-state index is -1.18. The molecule has 0 radical (unpaired) electrons. The Kier molecular flexibility index (Phi) is 5.33. The molecule has 3 aromatic rings. The number of aliphatic imine (C=N–C) groups is 1. The highest BCUT2D eigenvalue weighted by atomic mass is 16.4. The van der Waals surface area contributed by atoms with Crippen molar-refractivity contribution in [2.45, 2.75) is 40.0 Å². The lowest BCUT2D eigenvalue weighted by atomic mass is 9.87. The first kappa shape index (κ1) is 20.4. The highest BCUT2D eigenvalue weighted by Crippen LogP contribution is 2.26. The van der Waals surface area contributed by atoms with Gasteiger partial charge in [0.15, 0.2) is 0 Å². The number of phenols is 1. The number of benzene rings is 2. The fourth-order valence-electron chi connectivity index (χ4n) is 3.35. The van der Waals surface area contributed by atoms with E-state index in [9.17, 15) is 9.90 Å². The molecule has 0 amide bonds. The molecule has 3 rings (SSSR count). The maximum atomic E-state index is 11.2. The Labute approximate surface area is 171 Å². The van der Waals surface area contributed by atoms with Crippen LogP contribution < -0.4 is 0 Å². The van der Waals surface area contributed by atoms with Crippen molar-refractivity contribution in [2.24, 2.45) is 4.99 Å². The zero-order chi connectivity index (χ0) is 21.3. The van der Waals surface area contributed by atoms with Crippen LogP contribution in [0.2, 0.25) is 0 Å². The Morgan fingerprint density at radius 3 is 2.28 bits per heavy atom. The van der Waals surface area contributed by atoms with E-state index in [1.165, 1.54) is 17.7 Å². The van der Waals surface area contributed by atoms with Gasteiger partial charge in [0.25, 0.3) is 0 Å². The molecule has 150 valence electrons. The number of aromatic hydroxyl groups is 1. The van der Waals surface area contributed by atoms with Gasteiger partial charge in [-0.25, -0.2) is 4.79 Å². The first-order chi connectivity index (χ1) is 13.6. The predicted octanol–water partition coefficient (Wildman–Crippen LogP) is 5.55. The van der Waals surface area contributed by atoms with Crippen molar-refractivity contribution < 1.29 is 15.0 Å². The van der Waals surface area contributed by atoms with Crippen molar-refractivity contribution in [1.82, 2.24) is 4.57 Å². The third-order valence-electron chi connectivity index (χ3n) is 5.03. The maximum absolute atomic E-state index is 11.2. The molecular weight excluding hydrogens is 364 g/mol. The number of carboxylic acids is 1. The minimum Gasteiger partial charge on any atom is -0.507 e. The van der Waals surface area contributed by atoms with E-state index in [1.54, 1.807) is 12.3 Å². The van der Waals surface area contributed by atoms with E-state index in [1.807, 2.05) is 13.8 Å². The summed E-state index contributed by atoms with van der Waals surface area (Å²) < 4.78 is 2.17. The first-order valence-corrected chi connectivity index (χ1v) is 9.48. The number of aromatic carboxylic acids is 1. The van der Waals surface area contributed by atoms with Crippen molar-refractivity contribution in [2.75, 3.05) is 0 Å². The van der Waals surface area contributed by atoms with Crippen LogP contribution >= 0.6 is 0 Å². The van der Waals surface area contributed by atoms with E-state index in [2.05, 4.69) is 60.7 Å². The summed E-state index contributed by atoms with van der Waals surface area (Å²) in [6, 6.07) is 14.9. The van der Waals surface area contributed by atoms with Gasteiger partial charge in [0.05, 0.1) is 5.69 Å². The van der Waals surface area contributed by atoms with Crippen LogP contribution in [0.1, 0.15) is 53.6 Å². The average Bonchev–Trinajstić information content (AvgIpc) is 2.93. The lowest BCUT2D eigenvalue weighted by Crippen LogP contribution is -2.11.